The van der Waals surface area contributed by atoms with Gasteiger partial charge in [0.05, 0.1) is 24.1 Å². The highest BCUT2D eigenvalue weighted by Gasteiger charge is 2.07. The van der Waals surface area contributed by atoms with Crippen LogP contribution in [0.25, 0.3) is 0 Å². The molecule has 5 nitrogen and oxygen atoms in total. The van der Waals surface area contributed by atoms with Crippen molar-refractivity contribution in [3.63, 3.8) is 0 Å². The number of pyridine rings is 1. The van der Waals surface area contributed by atoms with Gasteiger partial charge in [0.15, 0.2) is 0 Å². The van der Waals surface area contributed by atoms with Gasteiger partial charge in [0, 0.05) is 32.5 Å². The number of aryl methyl sites for hydroxylation is 1. The van der Waals surface area contributed by atoms with Crippen LogP contribution in [0.1, 0.15) is 24.5 Å². The maximum atomic E-state index is 5.78. The number of rotatable bonds is 4. The molecule has 0 fully saturated rings. The fraction of sp³-hybridized carbons (Fsp3) is 0.385. The zero-order valence-corrected chi connectivity index (χ0v) is 11.0. The lowest BCUT2D eigenvalue weighted by Crippen LogP contribution is -2.19. The first kappa shape index (κ1) is 12.6. The fourth-order valence-electron chi connectivity index (χ4n) is 1.74. The third-order valence-corrected chi connectivity index (χ3v) is 2.98. The molecule has 5 heteroatoms. The first-order valence-electron chi connectivity index (χ1n) is 5.97. The SMILES string of the molecule is C[C@@H](N)c1ccc(N(C)Cc2nccn2C)cn1. The van der Waals surface area contributed by atoms with Gasteiger partial charge < -0.3 is 15.2 Å². The Labute approximate surface area is 107 Å². The second kappa shape index (κ2) is 5.18. The van der Waals surface area contributed by atoms with Gasteiger partial charge in [0.2, 0.25) is 0 Å². The summed E-state index contributed by atoms with van der Waals surface area (Å²) in [5.74, 6) is 1.02. The first-order valence-corrected chi connectivity index (χ1v) is 5.97. The highest BCUT2D eigenvalue weighted by Crippen LogP contribution is 2.15. The van der Waals surface area contributed by atoms with Crippen LogP contribution in [0.5, 0.6) is 0 Å². The summed E-state index contributed by atoms with van der Waals surface area (Å²) in [5.41, 5.74) is 7.74. The molecule has 2 N–H and O–H groups in total. The van der Waals surface area contributed by atoms with Gasteiger partial charge in [0.1, 0.15) is 5.82 Å². The van der Waals surface area contributed by atoms with Crippen molar-refractivity contribution in [1.29, 1.82) is 0 Å². The topological polar surface area (TPSA) is 60.0 Å². The standard InChI is InChI=1S/C13H19N5/c1-10(14)12-5-4-11(8-16-12)18(3)9-13-15-6-7-17(13)2/h4-8,10H,9,14H2,1-3H3/t10-/m1/s1. The van der Waals surface area contributed by atoms with E-state index in [1.165, 1.54) is 0 Å². The Hall–Kier alpha value is -1.88. The third kappa shape index (κ3) is 2.68. The van der Waals surface area contributed by atoms with Crippen molar-refractivity contribution < 1.29 is 0 Å². The summed E-state index contributed by atoms with van der Waals surface area (Å²) in [6.45, 7) is 2.68. The molecule has 0 aliphatic heterocycles. The van der Waals surface area contributed by atoms with Gasteiger partial charge >= 0.3 is 0 Å². The molecule has 0 unspecified atom stereocenters. The molecule has 2 rings (SSSR count). The molecule has 2 aromatic rings. The first-order chi connectivity index (χ1) is 8.58. The molecule has 0 aliphatic rings. The number of aromatic nitrogens is 3. The van der Waals surface area contributed by atoms with E-state index in [4.69, 9.17) is 5.73 Å². The molecule has 18 heavy (non-hydrogen) atoms. The van der Waals surface area contributed by atoms with Gasteiger partial charge in [0.25, 0.3) is 0 Å². The van der Waals surface area contributed by atoms with Crippen molar-refractivity contribution >= 4 is 5.69 Å². The van der Waals surface area contributed by atoms with Crippen LogP contribution in [0.2, 0.25) is 0 Å². The summed E-state index contributed by atoms with van der Waals surface area (Å²) >= 11 is 0. The van der Waals surface area contributed by atoms with E-state index in [1.54, 1.807) is 6.20 Å². The molecule has 2 aromatic heterocycles. The monoisotopic (exact) mass is 245 g/mol. The number of hydrogen-bond acceptors (Lipinski definition) is 4. The lowest BCUT2D eigenvalue weighted by molar-refractivity contribution is 0.755. The minimum Gasteiger partial charge on any atom is -0.366 e. The second-order valence-electron chi connectivity index (χ2n) is 4.54. The van der Waals surface area contributed by atoms with Gasteiger partial charge in [-0.3, -0.25) is 4.98 Å². The third-order valence-electron chi connectivity index (χ3n) is 2.98. The van der Waals surface area contributed by atoms with Gasteiger partial charge in [-0.05, 0) is 19.1 Å². The molecule has 2 heterocycles. The van der Waals surface area contributed by atoms with E-state index >= 15 is 0 Å². The van der Waals surface area contributed by atoms with Crippen molar-refractivity contribution in [3.05, 3.63) is 42.2 Å². The van der Waals surface area contributed by atoms with E-state index in [-0.39, 0.29) is 6.04 Å². The lowest BCUT2D eigenvalue weighted by atomic mass is 10.2. The van der Waals surface area contributed by atoms with Crippen molar-refractivity contribution in [3.8, 4) is 0 Å². The van der Waals surface area contributed by atoms with Gasteiger partial charge in [-0.2, -0.15) is 0 Å². The van der Waals surface area contributed by atoms with Crippen LogP contribution < -0.4 is 10.6 Å². The van der Waals surface area contributed by atoms with E-state index in [0.29, 0.717) is 0 Å². The molecule has 0 radical (unpaired) electrons. The summed E-state index contributed by atoms with van der Waals surface area (Å²) in [5, 5.41) is 0. The van der Waals surface area contributed by atoms with Gasteiger partial charge in [-0.15, -0.1) is 0 Å². The molecule has 0 aliphatic carbocycles. The molecule has 0 saturated carbocycles. The minimum atomic E-state index is -0.0288. The number of hydrogen-bond donors (Lipinski definition) is 1. The summed E-state index contributed by atoms with van der Waals surface area (Å²) in [6.07, 6.45) is 5.60. The zero-order valence-electron chi connectivity index (χ0n) is 11.0. The average Bonchev–Trinajstić information content (AvgIpc) is 2.75. The Morgan fingerprint density at radius 3 is 2.67 bits per heavy atom. The number of imidazole rings is 1. The van der Waals surface area contributed by atoms with Crippen LogP contribution in [0.3, 0.4) is 0 Å². The van der Waals surface area contributed by atoms with E-state index in [1.807, 2.05) is 50.1 Å². The Morgan fingerprint density at radius 2 is 2.17 bits per heavy atom. The minimum absolute atomic E-state index is 0.0288. The normalized spacial score (nSPS) is 12.4. The lowest BCUT2D eigenvalue weighted by Gasteiger charge is -2.19. The highest BCUT2D eigenvalue weighted by atomic mass is 15.2. The van der Waals surface area contributed by atoms with Crippen LogP contribution >= 0.6 is 0 Å². The molecular weight excluding hydrogens is 226 g/mol. The van der Waals surface area contributed by atoms with E-state index in [2.05, 4.69) is 14.9 Å². The molecule has 1 atom stereocenters. The van der Waals surface area contributed by atoms with E-state index in [9.17, 15) is 0 Å². The Kier molecular flexibility index (Phi) is 3.62. The second-order valence-corrected chi connectivity index (χ2v) is 4.54. The number of anilines is 1. The van der Waals surface area contributed by atoms with Crippen LogP contribution in [0.4, 0.5) is 5.69 Å². The Morgan fingerprint density at radius 1 is 1.39 bits per heavy atom. The molecule has 96 valence electrons. The maximum absolute atomic E-state index is 5.78. The largest absolute Gasteiger partial charge is 0.366 e. The molecule has 0 aromatic carbocycles. The summed E-state index contributed by atoms with van der Waals surface area (Å²) in [4.78, 5) is 10.8. The molecule has 0 bridgehead atoms. The predicted molar refractivity (Wildman–Crippen MR) is 72.2 cm³/mol. The summed E-state index contributed by atoms with van der Waals surface area (Å²) < 4.78 is 2.01. The van der Waals surface area contributed by atoms with E-state index < -0.39 is 0 Å². The maximum Gasteiger partial charge on any atom is 0.127 e. The molecule has 0 saturated heterocycles. The van der Waals surface area contributed by atoms with Crippen LogP contribution in [-0.4, -0.2) is 21.6 Å². The van der Waals surface area contributed by atoms with Crippen molar-refractivity contribution in [2.24, 2.45) is 12.8 Å². The molecule has 0 spiro atoms. The van der Waals surface area contributed by atoms with E-state index in [0.717, 1.165) is 23.8 Å². The van der Waals surface area contributed by atoms with Crippen molar-refractivity contribution in [2.45, 2.75) is 19.5 Å². The molecule has 0 amide bonds. The van der Waals surface area contributed by atoms with Gasteiger partial charge in [-0.1, -0.05) is 0 Å². The van der Waals surface area contributed by atoms with Gasteiger partial charge in [-0.25, -0.2) is 4.98 Å². The summed E-state index contributed by atoms with van der Waals surface area (Å²) in [7, 11) is 4.02. The highest BCUT2D eigenvalue weighted by molar-refractivity contribution is 5.43. The molecular formula is C13H19N5. The summed E-state index contributed by atoms with van der Waals surface area (Å²) in [6, 6.07) is 3.97. The average molecular weight is 245 g/mol. The van der Waals surface area contributed by atoms with Crippen LogP contribution in [0.15, 0.2) is 30.7 Å². The van der Waals surface area contributed by atoms with Crippen LogP contribution in [-0.2, 0) is 13.6 Å². The fourth-order valence-corrected chi connectivity index (χ4v) is 1.74. The van der Waals surface area contributed by atoms with Crippen molar-refractivity contribution in [1.82, 2.24) is 14.5 Å². The van der Waals surface area contributed by atoms with Crippen LogP contribution in [0, 0.1) is 0 Å². The quantitative estimate of drug-likeness (QED) is 0.886. The number of nitrogens with zero attached hydrogens (tertiary/aromatic N) is 4. The predicted octanol–water partition coefficient (Wildman–Crippen LogP) is 1.47. The van der Waals surface area contributed by atoms with Crippen molar-refractivity contribution in [2.75, 3.05) is 11.9 Å². The number of nitrogens with two attached hydrogens (primary N) is 1. The Balaban J connectivity index is 2.09. The Bertz CT molecular complexity index is 500. The smallest absolute Gasteiger partial charge is 0.127 e. The zero-order chi connectivity index (χ0) is 13.1.